The lowest BCUT2D eigenvalue weighted by Gasteiger charge is -2.15. The minimum atomic E-state index is -4.43. The van der Waals surface area contributed by atoms with Crippen LogP contribution in [0.25, 0.3) is 0 Å². The number of aliphatic hydroxyl groups excluding tert-OH is 1. The van der Waals surface area contributed by atoms with Gasteiger partial charge >= 0.3 is 12.4 Å². The van der Waals surface area contributed by atoms with E-state index < -0.39 is 23.5 Å². The normalized spacial score (nSPS) is 12.0. The Hall–Kier alpha value is -3.20. The largest absolute Gasteiger partial charge is 0.485 e. The Morgan fingerprint density at radius 3 is 1.42 bits per heavy atom. The van der Waals surface area contributed by atoms with Gasteiger partial charge in [0.25, 0.3) is 0 Å². The average molecular weight is 470 g/mol. The van der Waals surface area contributed by atoms with Crippen molar-refractivity contribution < 1.29 is 40.9 Å². The highest BCUT2D eigenvalue weighted by Crippen LogP contribution is 2.33. The molecule has 0 aromatic heterocycles. The number of hydrogen-bond donors (Lipinski definition) is 1. The second-order valence-electron chi connectivity index (χ2n) is 7.22. The van der Waals surface area contributed by atoms with Crippen molar-refractivity contribution in [3.8, 4) is 11.5 Å². The summed E-state index contributed by atoms with van der Waals surface area (Å²) in [5.41, 5.74) is 0.235. The Balaban J connectivity index is 1.71. The van der Waals surface area contributed by atoms with Crippen molar-refractivity contribution in [1.82, 2.24) is 0 Å². The Bertz CT molecular complexity index is 1040. The first-order valence-electron chi connectivity index (χ1n) is 9.88. The molecule has 0 amide bonds. The third-order valence-corrected chi connectivity index (χ3v) is 4.76. The molecular weight excluding hydrogens is 450 g/mol. The Labute approximate surface area is 186 Å². The Morgan fingerprint density at radius 2 is 1.00 bits per heavy atom. The summed E-state index contributed by atoms with van der Waals surface area (Å²) >= 11 is 0. The molecule has 0 unspecified atom stereocenters. The van der Waals surface area contributed by atoms with Gasteiger partial charge in [-0.25, -0.2) is 0 Å². The highest BCUT2D eigenvalue weighted by atomic mass is 19.4. The molecule has 0 aliphatic heterocycles. The molecule has 3 aromatic rings. The molecule has 1 N–H and O–H groups in total. The van der Waals surface area contributed by atoms with Gasteiger partial charge in [0.05, 0.1) is 11.1 Å². The topological polar surface area (TPSA) is 38.7 Å². The highest BCUT2D eigenvalue weighted by Gasteiger charge is 2.30. The van der Waals surface area contributed by atoms with E-state index in [4.69, 9.17) is 14.6 Å². The second-order valence-corrected chi connectivity index (χ2v) is 7.22. The molecule has 3 rings (SSSR count). The maximum Gasteiger partial charge on any atom is 0.416 e. The molecule has 3 nitrogen and oxygen atoms in total. The molecule has 176 valence electrons. The third kappa shape index (κ3) is 6.89. The molecule has 0 radical (unpaired) electrons. The Morgan fingerprint density at radius 1 is 0.576 bits per heavy atom. The number of hydrogen-bond acceptors (Lipinski definition) is 3. The van der Waals surface area contributed by atoms with Crippen LogP contribution in [0, 0.1) is 0 Å². The van der Waals surface area contributed by atoms with Crippen molar-refractivity contribution in [1.29, 1.82) is 0 Å². The maximum absolute atomic E-state index is 12.7. The fourth-order valence-electron chi connectivity index (χ4n) is 2.97. The smallest absolute Gasteiger partial charge is 0.416 e. The van der Waals surface area contributed by atoms with Crippen molar-refractivity contribution >= 4 is 0 Å². The number of alkyl halides is 6. The summed E-state index contributed by atoms with van der Waals surface area (Å²) in [5.74, 6) is 0.608. The van der Waals surface area contributed by atoms with Crippen LogP contribution in [0.4, 0.5) is 26.3 Å². The van der Waals surface area contributed by atoms with Crippen LogP contribution in [0.5, 0.6) is 11.5 Å². The average Bonchev–Trinajstić information content (AvgIpc) is 2.76. The van der Waals surface area contributed by atoms with Gasteiger partial charge in [0.15, 0.2) is 11.5 Å². The molecule has 0 bridgehead atoms. The summed E-state index contributed by atoms with van der Waals surface area (Å²) < 4.78 is 87.8. The van der Waals surface area contributed by atoms with Crippen molar-refractivity contribution in [2.75, 3.05) is 6.61 Å². The summed E-state index contributed by atoms with van der Waals surface area (Å²) in [5, 5.41) is 9.17. The van der Waals surface area contributed by atoms with E-state index in [1.807, 2.05) is 0 Å². The summed E-state index contributed by atoms with van der Waals surface area (Å²) in [7, 11) is 0. The van der Waals surface area contributed by atoms with Crippen LogP contribution in [-0.2, 0) is 32.0 Å². The van der Waals surface area contributed by atoms with E-state index in [-0.39, 0.29) is 19.8 Å². The van der Waals surface area contributed by atoms with E-state index in [0.29, 0.717) is 29.0 Å². The molecule has 3 aromatic carbocycles. The van der Waals surface area contributed by atoms with Gasteiger partial charge in [0, 0.05) is 6.61 Å². The zero-order chi connectivity index (χ0) is 24.1. The summed E-state index contributed by atoms with van der Waals surface area (Å²) in [4.78, 5) is 0. The number of aliphatic hydroxyl groups is 1. The van der Waals surface area contributed by atoms with Gasteiger partial charge < -0.3 is 14.6 Å². The maximum atomic E-state index is 12.7. The van der Waals surface area contributed by atoms with Crippen molar-refractivity contribution in [3.05, 3.63) is 94.5 Å². The minimum Gasteiger partial charge on any atom is -0.485 e. The molecule has 0 aliphatic carbocycles. The van der Waals surface area contributed by atoms with Gasteiger partial charge in [-0.05, 0) is 59.5 Å². The predicted molar refractivity (Wildman–Crippen MR) is 109 cm³/mol. The first-order chi connectivity index (χ1) is 15.6. The van der Waals surface area contributed by atoms with Gasteiger partial charge in [-0.2, -0.15) is 26.3 Å². The number of ether oxygens (including phenoxy) is 2. The third-order valence-electron chi connectivity index (χ3n) is 4.76. The molecule has 0 saturated carbocycles. The Kier molecular flexibility index (Phi) is 7.53. The van der Waals surface area contributed by atoms with Crippen LogP contribution in [0.15, 0.2) is 66.7 Å². The molecule has 0 saturated heterocycles. The zero-order valence-electron chi connectivity index (χ0n) is 17.2. The van der Waals surface area contributed by atoms with E-state index in [1.165, 1.54) is 24.3 Å². The van der Waals surface area contributed by atoms with Crippen LogP contribution in [-0.4, -0.2) is 11.7 Å². The van der Waals surface area contributed by atoms with Crippen LogP contribution >= 0.6 is 0 Å². The van der Waals surface area contributed by atoms with E-state index in [2.05, 4.69) is 0 Å². The number of rotatable bonds is 8. The van der Waals surface area contributed by atoms with E-state index in [0.717, 1.165) is 29.8 Å². The minimum absolute atomic E-state index is 0.0197. The fourth-order valence-corrected chi connectivity index (χ4v) is 2.97. The zero-order valence-corrected chi connectivity index (χ0v) is 17.2. The van der Waals surface area contributed by atoms with Gasteiger partial charge in [0.1, 0.15) is 13.2 Å². The van der Waals surface area contributed by atoms with E-state index in [9.17, 15) is 26.3 Å². The van der Waals surface area contributed by atoms with Crippen LogP contribution in [0.3, 0.4) is 0 Å². The van der Waals surface area contributed by atoms with Crippen molar-refractivity contribution in [2.24, 2.45) is 0 Å². The number of halogens is 6. The SMILES string of the molecule is OCCc1ccc(OCc2ccc(C(F)(F)F)cc2)c(OCc2ccc(C(F)(F)F)cc2)c1. The fraction of sp³-hybridized carbons (Fsp3) is 0.250. The van der Waals surface area contributed by atoms with Gasteiger partial charge in [0.2, 0.25) is 0 Å². The van der Waals surface area contributed by atoms with Crippen LogP contribution in [0.2, 0.25) is 0 Å². The molecule has 0 aliphatic rings. The lowest BCUT2D eigenvalue weighted by atomic mass is 10.1. The van der Waals surface area contributed by atoms with Gasteiger partial charge in [-0.15, -0.1) is 0 Å². The second kappa shape index (κ2) is 10.2. The first-order valence-corrected chi connectivity index (χ1v) is 9.88. The number of benzene rings is 3. The lowest BCUT2D eigenvalue weighted by Crippen LogP contribution is -2.06. The van der Waals surface area contributed by atoms with Crippen LogP contribution < -0.4 is 9.47 Å². The molecule has 0 heterocycles. The molecule has 33 heavy (non-hydrogen) atoms. The molecular formula is C24H20F6O3. The molecule has 0 spiro atoms. The van der Waals surface area contributed by atoms with E-state index in [1.54, 1.807) is 18.2 Å². The molecule has 0 fully saturated rings. The summed E-state index contributed by atoms with van der Waals surface area (Å²) in [6.07, 6.45) is -8.51. The standard InChI is InChI=1S/C24H20F6O3/c25-23(26,27)19-6-1-17(2-7-19)14-32-21-10-5-16(11-12-31)13-22(21)33-15-18-3-8-20(9-4-18)24(28,29)30/h1-10,13,31H,11-12,14-15H2. The monoisotopic (exact) mass is 470 g/mol. The quantitative estimate of drug-likeness (QED) is 0.387. The lowest BCUT2D eigenvalue weighted by molar-refractivity contribution is -0.138. The van der Waals surface area contributed by atoms with Crippen LogP contribution in [0.1, 0.15) is 27.8 Å². The molecule has 9 heteroatoms. The first kappa shape index (κ1) is 24.4. The van der Waals surface area contributed by atoms with Gasteiger partial charge in [-0.1, -0.05) is 30.3 Å². The van der Waals surface area contributed by atoms with Crippen molar-refractivity contribution in [3.63, 3.8) is 0 Å². The highest BCUT2D eigenvalue weighted by molar-refractivity contribution is 5.43. The van der Waals surface area contributed by atoms with Crippen molar-refractivity contribution in [2.45, 2.75) is 32.0 Å². The van der Waals surface area contributed by atoms with E-state index >= 15 is 0 Å². The summed E-state index contributed by atoms with van der Waals surface area (Å²) in [6.45, 7) is -0.143. The molecule has 0 atom stereocenters. The predicted octanol–water partition coefficient (Wildman–Crippen LogP) is 6.42. The van der Waals surface area contributed by atoms with Gasteiger partial charge in [-0.3, -0.25) is 0 Å². The summed E-state index contributed by atoms with van der Waals surface area (Å²) in [6, 6.07) is 14.0.